The fraction of sp³-hybridized carbons (Fsp3) is 0.250. The van der Waals surface area contributed by atoms with Crippen LogP contribution < -0.4 is 5.69 Å². The number of piperidine rings is 1. The molecule has 0 radical (unpaired) electrons. The van der Waals surface area contributed by atoms with Gasteiger partial charge < -0.3 is 4.90 Å². The van der Waals surface area contributed by atoms with Crippen molar-refractivity contribution in [2.45, 2.75) is 18.8 Å². The molecule has 27 heavy (non-hydrogen) atoms. The second-order valence-corrected chi connectivity index (χ2v) is 6.66. The van der Waals surface area contributed by atoms with E-state index in [1.165, 1.54) is 28.9 Å². The number of nitrogens with one attached hydrogen (secondary N) is 1. The van der Waals surface area contributed by atoms with E-state index in [1.54, 1.807) is 17.0 Å². The molecule has 3 aromatic rings. The van der Waals surface area contributed by atoms with Crippen LogP contribution in [0.15, 0.2) is 59.4 Å². The number of aromatic nitrogens is 3. The monoisotopic (exact) mass is 366 g/mol. The Hall–Kier alpha value is -3.22. The van der Waals surface area contributed by atoms with E-state index in [0.717, 1.165) is 12.8 Å². The second-order valence-electron chi connectivity index (χ2n) is 6.66. The number of hydrogen-bond donors (Lipinski definition) is 1. The SMILES string of the molecule is O=C(c1ccccc1)N1CCCC(c2nn(-c3ccc(F)cc3)c(=O)[nH]2)C1. The average molecular weight is 366 g/mol. The Morgan fingerprint density at radius 2 is 1.85 bits per heavy atom. The number of aromatic amines is 1. The predicted octanol–water partition coefficient (Wildman–Crippen LogP) is 2.72. The zero-order chi connectivity index (χ0) is 18.8. The molecule has 1 saturated heterocycles. The summed E-state index contributed by atoms with van der Waals surface area (Å²) in [4.78, 5) is 29.6. The van der Waals surface area contributed by atoms with Crippen LogP contribution in [-0.4, -0.2) is 38.7 Å². The second kappa shape index (κ2) is 7.19. The maximum absolute atomic E-state index is 13.1. The third-order valence-corrected chi connectivity index (χ3v) is 4.82. The molecule has 2 heterocycles. The minimum atomic E-state index is -0.372. The smallest absolute Gasteiger partial charge is 0.338 e. The van der Waals surface area contributed by atoms with Gasteiger partial charge in [0.25, 0.3) is 5.91 Å². The van der Waals surface area contributed by atoms with Crippen LogP contribution in [-0.2, 0) is 0 Å². The number of benzene rings is 2. The van der Waals surface area contributed by atoms with E-state index in [0.29, 0.717) is 30.2 Å². The maximum Gasteiger partial charge on any atom is 0.348 e. The molecule has 1 fully saturated rings. The minimum Gasteiger partial charge on any atom is -0.338 e. The normalized spacial score (nSPS) is 17.1. The maximum atomic E-state index is 13.1. The number of amides is 1. The molecular formula is C20H19FN4O2. The summed E-state index contributed by atoms with van der Waals surface area (Å²) < 4.78 is 14.3. The molecule has 1 amide bonds. The van der Waals surface area contributed by atoms with Gasteiger partial charge in [-0.1, -0.05) is 18.2 Å². The lowest BCUT2D eigenvalue weighted by Gasteiger charge is -2.31. The van der Waals surface area contributed by atoms with Crippen LogP contribution >= 0.6 is 0 Å². The lowest BCUT2D eigenvalue weighted by Crippen LogP contribution is -2.39. The van der Waals surface area contributed by atoms with Crippen LogP contribution in [0.25, 0.3) is 5.69 Å². The molecule has 1 aromatic heterocycles. The summed E-state index contributed by atoms with van der Waals surface area (Å²) in [5.41, 5.74) is 0.781. The molecule has 1 atom stereocenters. The Morgan fingerprint density at radius 1 is 1.11 bits per heavy atom. The number of halogens is 1. The number of hydrogen-bond acceptors (Lipinski definition) is 3. The van der Waals surface area contributed by atoms with Gasteiger partial charge in [-0.2, -0.15) is 4.68 Å². The van der Waals surface area contributed by atoms with Crippen molar-refractivity contribution in [1.29, 1.82) is 0 Å². The largest absolute Gasteiger partial charge is 0.348 e. The van der Waals surface area contributed by atoms with Gasteiger partial charge in [-0.25, -0.2) is 9.18 Å². The van der Waals surface area contributed by atoms with Crippen molar-refractivity contribution in [2.24, 2.45) is 0 Å². The molecule has 1 aliphatic heterocycles. The van der Waals surface area contributed by atoms with E-state index >= 15 is 0 Å². The summed E-state index contributed by atoms with van der Waals surface area (Å²) in [5, 5.41) is 4.39. The van der Waals surface area contributed by atoms with Crippen LogP contribution in [0.2, 0.25) is 0 Å². The van der Waals surface area contributed by atoms with Gasteiger partial charge in [0.2, 0.25) is 0 Å². The predicted molar refractivity (Wildman–Crippen MR) is 98.5 cm³/mol. The molecule has 0 aliphatic carbocycles. The molecular weight excluding hydrogens is 347 g/mol. The zero-order valence-corrected chi connectivity index (χ0v) is 14.6. The van der Waals surface area contributed by atoms with Crippen LogP contribution in [0.3, 0.4) is 0 Å². The van der Waals surface area contributed by atoms with Crippen molar-refractivity contribution < 1.29 is 9.18 Å². The van der Waals surface area contributed by atoms with Crippen molar-refractivity contribution in [3.8, 4) is 5.69 Å². The number of likely N-dealkylation sites (tertiary alicyclic amines) is 1. The highest BCUT2D eigenvalue weighted by atomic mass is 19.1. The molecule has 0 spiro atoms. The third-order valence-electron chi connectivity index (χ3n) is 4.82. The molecule has 4 rings (SSSR count). The Morgan fingerprint density at radius 3 is 2.59 bits per heavy atom. The third kappa shape index (κ3) is 3.53. The van der Waals surface area contributed by atoms with E-state index in [2.05, 4.69) is 10.1 Å². The molecule has 1 N–H and O–H groups in total. The first-order valence-electron chi connectivity index (χ1n) is 8.91. The Labute approximate surface area is 155 Å². The molecule has 0 saturated carbocycles. The molecule has 2 aromatic carbocycles. The number of rotatable bonds is 3. The van der Waals surface area contributed by atoms with Gasteiger partial charge in [0.1, 0.15) is 11.6 Å². The summed E-state index contributed by atoms with van der Waals surface area (Å²) in [5.74, 6) is 0.126. The molecule has 138 valence electrons. The number of H-pyrrole nitrogens is 1. The van der Waals surface area contributed by atoms with Crippen molar-refractivity contribution >= 4 is 5.91 Å². The van der Waals surface area contributed by atoms with E-state index in [9.17, 15) is 14.0 Å². The van der Waals surface area contributed by atoms with Gasteiger partial charge in [0.05, 0.1) is 5.69 Å². The molecule has 1 aliphatic rings. The van der Waals surface area contributed by atoms with Crippen LogP contribution in [0, 0.1) is 5.82 Å². The number of carbonyl (C=O) groups is 1. The summed E-state index contributed by atoms with van der Waals surface area (Å²) in [6.07, 6.45) is 1.68. The van der Waals surface area contributed by atoms with Crippen LogP contribution in [0.5, 0.6) is 0 Å². The highest BCUT2D eigenvalue weighted by molar-refractivity contribution is 5.94. The lowest BCUT2D eigenvalue weighted by atomic mass is 9.97. The molecule has 6 nitrogen and oxygen atoms in total. The Bertz CT molecular complexity index is 995. The summed E-state index contributed by atoms with van der Waals surface area (Å²) in [6, 6.07) is 14.8. The van der Waals surface area contributed by atoms with E-state index in [1.807, 2.05) is 18.2 Å². The van der Waals surface area contributed by atoms with Crippen molar-refractivity contribution in [1.82, 2.24) is 19.7 Å². The number of nitrogens with zero attached hydrogens (tertiary/aromatic N) is 3. The summed E-state index contributed by atoms with van der Waals surface area (Å²) >= 11 is 0. The van der Waals surface area contributed by atoms with Crippen molar-refractivity contribution in [2.75, 3.05) is 13.1 Å². The Balaban J connectivity index is 1.55. The first-order valence-corrected chi connectivity index (χ1v) is 8.91. The van der Waals surface area contributed by atoms with Gasteiger partial charge in [0.15, 0.2) is 0 Å². The van der Waals surface area contributed by atoms with E-state index < -0.39 is 0 Å². The van der Waals surface area contributed by atoms with E-state index in [-0.39, 0.29) is 23.3 Å². The zero-order valence-electron chi connectivity index (χ0n) is 14.6. The Kier molecular flexibility index (Phi) is 4.58. The van der Waals surface area contributed by atoms with Crippen molar-refractivity contribution in [3.63, 3.8) is 0 Å². The van der Waals surface area contributed by atoms with Gasteiger partial charge >= 0.3 is 5.69 Å². The molecule has 0 bridgehead atoms. The summed E-state index contributed by atoms with van der Waals surface area (Å²) in [6.45, 7) is 1.19. The minimum absolute atomic E-state index is 0.0133. The van der Waals surface area contributed by atoms with Gasteiger partial charge in [0, 0.05) is 24.6 Å². The first kappa shape index (κ1) is 17.2. The van der Waals surface area contributed by atoms with Crippen LogP contribution in [0.1, 0.15) is 34.9 Å². The average Bonchev–Trinajstić information content (AvgIpc) is 3.10. The van der Waals surface area contributed by atoms with Crippen molar-refractivity contribution in [3.05, 3.63) is 82.3 Å². The topological polar surface area (TPSA) is 71.0 Å². The fourth-order valence-corrected chi connectivity index (χ4v) is 3.43. The highest BCUT2D eigenvalue weighted by Gasteiger charge is 2.28. The van der Waals surface area contributed by atoms with Gasteiger partial charge in [-0.05, 0) is 49.2 Å². The van der Waals surface area contributed by atoms with Gasteiger partial charge in [-0.15, -0.1) is 5.10 Å². The number of carbonyl (C=O) groups excluding carboxylic acids is 1. The molecule has 7 heteroatoms. The highest BCUT2D eigenvalue weighted by Crippen LogP contribution is 2.25. The quantitative estimate of drug-likeness (QED) is 0.775. The van der Waals surface area contributed by atoms with E-state index in [4.69, 9.17) is 0 Å². The standard InChI is InChI=1S/C20H19FN4O2/c21-16-8-10-17(11-9-16)25-20(27)22-18(23-25)15-7-4-12-24(13-15)19(26)14-5-2-1-3-6-14/h1-3,5-6,8-11,15H,4,7,12-13H2,(H,22,23,27). The lowest BCUT2D eigenvalue weighted by molar-refractivity contribution is 0.0704. The first-order chi connectivity index (χ1) is 13.1. The van der Waals surface area contributed by atoms with Crippen LogP contribution in [0.4, 0.5) is 4.39 Å². The van der Waals surface area contributed by atoms with Gasteiger partial charge in [-0.3, -0.25) is 9.78 Å². The fourth-order valence-electron chi connectivity index (χ4n) is 3.43. The summed E-state index contributed by atoms with van der Waals surface area (Å²) in [7, 11) is 0. The molecule has 1 unspecified atom stereocenters.